The Labute approximate surface area is 151 Å². The predicted octanol–water partition coefficient (Wildman–Crippen LogP) is 3.64. The molecule has 3 aromatic rings. The number of anilines is 1. The summed E-state index contributed by atoms with van der Waals surface area (Å²) in [5.74, 6) is 0.600. The van der Waals surface area contributed by atoms with Crippen molar-refractivity contribution in [3.8, 4) is 0 Å². The highest BCUT2D eigenvalue weighted by Crippen LogP contribution is 2.11. The Bertz CT molecular complexity index is 815. The molecule has 25 heavy (non-hydrogen) atoms. The first-order chi connectivity index (χ1) is 12.2. The number of nitrogens with one attached hydrogen (secondary N) is 2. The van der Waals surface area contributed by atoms with Crippen molar-refractivity contribution in [3.05, 3.63) is 75.9 Å². The van der Waals surface area contributed by atoms with Crippen LogP contribution in [0.1, 0.15) is 33.5 Å². The van der Waals surface area contributed by atoms with Crippen LogP contribution in [0, 0.1) is 0 Å². The summed E-state index contributed by atoms with van der Waals surface area (Å²) in [6.07, 6.45) is 2.49. The van der Waals surface area contributed by atoms with Crippen molar-refractivity contribution in [2.75, 3.05) is 5.32 Å². The number of rotatable bonds is 7. The van der Waals surface area contributed by atoms with Crippen LogP contribution >= 0.6 is 11.3 Å². The van der Waals surface area contributed by atoms with Gasteiger partial charge in [-0.25, -0.2) is 9.97 Å². The SMILES string of the molecule is CCc1csc(CNC(=O)c2ccc(NCc3ccccc3)nc2)n1. The molecule has 0 aliphatic carbocycles. The van der Waals surface area contributed by atoms with Crippen LogP contribution in [0.15, 0.2) is 54.0 Å². The number of pyridine rings is 1. The second kappa shape index (κ2) is 8.39. The molecular formula is C19H20N4OS. The molecule has 0 spiro atoms. The minimum Gasteiger partial charge on any atom is -0.366 e. The van der Waals surface area contributed by atoms with Crippen LogP contribution in [-0.4, -0.2) is 15.9 Å². The van der Waals surface area contributed by atoms with Crippen LogP contribution < -0.4 is 10.6 Å². The third-order valence-corrected chi connectivity index (χ3v) is 4.60. The molecule has 0 bridgehead atoms. The van der Waals surface area contributed by atoms with Crippen LogP contribution in [0.2, 0.25) is 0 Å². The van der Waals surface area contributed by atoms with E-state index in [4.69, 9.17) is 0 Å². The largest absolute Gasteiger partial charge is 0.366 e. The first-order valence-corrected chi connectivity index (χ1v) is 9.08. The fraction of sp³-hybridized carbons (Fsp3) is 0.211. The number of benzene rings is 1. The molecule has 1 aromatic carbocycles. The van der Waals surface area contributed by atoms with Gasteiger partial charge in [0.15, 0.2) is 0 Å². The number of carbonyl (C=O) groups is 1. The lowest BCUT2D eigenvalue weighted by Crippen LogP contribution is -2.22. The van der Waals surface area contributed by atoms with Gasteiger partial charge in [0, 0.05) is 18.1 Å². The van der Waals surface area contributed by atoms with E-state index in [1.165, 1.54) is 5.56 Å². The van der Waals surface area contributed by atoms with Gasteiger partial charge in [-0.3, -0.25) is 4.79 Å². The maximum Gasteiger partial charge on any atom is 0.253 e. The van der Waals surface area contributed by atoms with Crippen LogP contribution in [0.4, 0.5) is 5.82 Å². The summed E-state index contributed by atoms with van der Waals surface area (Å²) in [4.78, 5) is 20.9. The van der Waals surface area contributed by atoms with Crippen molar-refractivity contribution in [1.29, 1.82) is 0 Å². The molecule has 128 valence electrons. The molecular weight excluding hydrogens is 332 g/mol. The minimum absolute atomic E-state index is 0.143. The van der Waals surface area contributed by atoms with E-state index >= 15 is 0 Å². The normalized spacial score (nSPS) is 10.4. The van der Waals surface area contributed by atoms with Gasteiger partial charge in [0.2, 0.25) is 0 Å². The number of hydrogen-bond donors (Lipinski definition) is 2. The first-order valence-electron chi connectivity index (χ1n) is 8.20. The van der Waals surface area contributed by atoms with Crippen molar-refractivity contribution in [2.24, 2.45) is 0 Å². The second-order valence-corrected chi connectivity index (χ2v) is 6.48. The maximum atomic E-state index is 12.2. The zero-order valence-corrected chi connectivity index (χ0v) is 14.8. The van der Waals surface area contributed by atoms with Crippen molar-refractivity contribution in [2.45, 2.75) is 26.4 Å². The van der Waals surface area contributed by atoms with Crippen LogP contribution in [0.5, 0.6) is 0 Å². The highest BCUT2D eigenvalue weighted by molar-refractivity contribution is 7.09. The van der Waals surface area contributed by atoms with Crippen molar-refractivity contribution < 1.29 is 4.79 Å². The van der Waals surface area contributed by atoms with E-state index in [2.05, 4.69) is 39.7 Å². The molecule has 0 unspecified atom stereocenters. The van der Waals surface area contributed by atoms with Gasteiger partial charge in [0.1, 0.15) is 10.8 Å². The fourth-order valence-corrected chi connectivity index (χ4v) is 3.09. The molecule has 2 aromatic heterocycles. The lowest BCUT2D eigenvalue weighted by Gasteiger charge is -2.07. The van der Waals surface area contributed by atoms with Crippen LogP contribution in [0.3, 0.4) is 0 Å². The van der Waals surface area contributed by atoms with Gasteiger partial charge in [-0.2, -0.15) is 0 Å². The third kappa shape index (κ3) is 4.87. The predicted molar refractivity (Wildman–Crippen MR) is 101 cm³/mol. The van der Waals surface area contributed by atoms with E-state index in [1.54, 1.807) is 23.6 Å². The Morgan fingerprint density at radius 3 is 2.64 bits per heavy atom. The molecule has 0 fully saturated rings. The zero-order chi connectivity index (χ0) is 17.5. The molecule has 0 aliphatic rings. The maximum absolute atomic E-state index is 12.2. The van der Waals surface area contributed by atoms with Gasteiger partial charge in [-0.15, -0.1) is 11.3 Å². The third-order valence-electron chi connectivity index (χ3n) is 3.70. The van der Waals surface area contributed by atoms with E-state index in [1.807, 2.05) is 29.6 Å². The molecule has 0 saturated heterocycles. The smallest absolute Gasteiger partial charge is 0.253 e. The molecule has 5 nitrogen and oxygen atoms in total. The second-order valence-electron chi connectivity index (χ2n) is 5.54. The molecule has 0 atom stereocenters. The lowest BCUT2D eigenvalue weighted by molar-refractivity contribution is 0.0950. The molecule has 6 heteroatoms. The quantitative estimate of drug-likeness (QED) is 0.681. The fourth-order valence-electron chi connectivity index (χ4n) is 2.27. The molecule has 0 aliphatic heterocycles. The summed E-state index contributed by atoms with van der Waals surface area (Å²) in [5, 5.41) is 9.06. The highest BCUT2D eigenvalue weighted by Gasteiger charge is 2.08. The Hall–Kier alpha value is -2.73. The molecule has 1 amide bonds. The highest BCUT2D eigenvalue weighted by atomic mass is 32.1. The van der Waals surface area contributed by atoms with E-state index < -0.39 is 0 Å². The number of aromatic nitrogens is 2. The van der Waals surface area contributed by atoms with Crippen LogP contribution in [0.25, 0.3) is 0 Å². The van der Waals surface area contributed by atoms with Gasteiger partial charge in [0.25, 0.3) is 5.91 Å². The van der Waals surface area contributed by atoms with Gasteiger partial charge < -0.3 is 10.6 Å². The monoisotopic (exact) mass is 352 g/mol. The topological polar surface area (TPSA) is 66.9 Å². The van der Waals surface area contributed by atoms with E-state index in [9.17, 15) is 4.79 Å². The Morgan fingerprint density at radius 1 is 1.12 bits per heavy atom. The van der Waals surface area contributed by atoms with Crippen molar-refractivity contribution in [1.82, 2.24) is 15.3 Å². The number of nitrogens with zero attached hydrogens (tertiary/aromatic N) is 2. The molecule has 2 N–H and O–H groups in total. The summed E-state index contributed by atoms with van der Waals surface area (Å²) < 4.78 is 0. The summed E-state index contributed by atoms with van der Waals surface area (Å²) in [6, 6.07) is 13.7. The summed E-state index contributed by atoms with van der Waals surface area (Å²) >= 11 is 1.57. The molecule has 0 radical (unpaired) electrons. The summed E-state index contributed by atoms with van der Waals surface area (Å²) in [7, 11) is 0. The van der Waals surface area contributed by atoms with E-state index in [-0.39, 0.29) is 5.91 Å². The Morgan fingerprint density at radius 2 is 1.96 bits per heavy atom. The number of hydrogen-bond acceptors (Lipinski definition) is 5. The van der Waals surface area contributed by atoms with Gasteiger partial charge >= 0.3 is 0 Å². The van der Waals surface area contributed by atoms with Gasteiger partial charge in [-0.1, -0.05) is 37.3 Å². The molecule has 2 heterocycles. The summed E-state index contributed by atoms with van der Waals surface area (Å²) in [5.41, 5.74) is 2.78. The number of thiazole rings is 1. The van der Waals surface area contributed by atoms with Gasteiger partial charge in [0.05, 0.1) is 17.8 Å². The lowest BCUT2D eigenvalue weighted by atomic mass is 10.2. The summed E-state index contributed by atoms with van der Waals surface area (Å²) in [6.45, 7) is 3.21. The first kappa shape index (κ1) is 17.1. The minimum atomic E-state index is -0.143. The van der Waals surface area contributed by atoms with E-state index in [0.717, 1.165) is 22.9 Å². The van der Waals surface area contributed by atoms with Crippen LogP contribution in [-0.2, 0) is 19.5 Å². The molecule has 3 rings (SSSR count). The average Bonchev–Trinajstić information content (AvgIpc) is 3.14. The average molecular weight is 352 g/mol. The zero-order valence-electron chi connectivity index (χ0n) is 14.0. The van der Waals surface area contributed by atoms with E-state index in [0.29, 0.717) is 18.7 Å². The van der Waals surface area contributed by atoms with Gasteiger partial charge in [-0.05, 0) is 24.1 Å². The van der Waals surface area contributed by atoms with Crippen molar-refractivity contribution >= 4 is 23.1 Å². The standard InChI is InChI=1S/C19H20N4OS/c1-2-16-13-25-18(23-16)12-22-19(24)15-8-9-17(21-11-15)20-10-14-6-4-3-5-7-14/h3-9,11,13H,2,10,12H2,1H3,(H,20,21)(H,22,24). The Balaban J connectivity index is 1.51. The number of aryl methyl sites for hydroxylation is 1. The molecule has 0 saturated carbocycles. The van der Waals surface area contributed by atoms with Crippen molar-refractivity contribution in [3.63, 3.8) is 0 Å². The number of carbonyl (C=O) groups excluding carboxylic acids is 1. The number of amides is 1. The Kier molecular flexibility index (Phi) is 5.74.